The third-order valence-electron chi connectivity index (χ3n) is 6.41. The highest BCUT2D eigenvalue weighted by Gasteiger charge is 2.36. The third kappa shape index (κ3) is 4.27. The summed E-state index contributed by atoms with van der Waals surface area (Å²) >= 11 is 0. The van der Waals surface area contributed by atoms with Crippen LogP contribution in [-0.4, -0.2) is 37.9 Å². The van der Waals surface area contributed by atoms with Gasteiger partial charge in [-0.3, -0.25) is 9.78 Å². The summed E-state index contributed by atoms with van der Waals surface area (Å²) in [5.41, 5.74) is 2.61. The average molecular weight is 476 g/mol. The molecule has 2 aliphatic rings. The molecule has 0 N–H and O–H groups in total. The zero-order valence-electron chi connectivity index (χ0n) is 20.6. The Kier molecular flexibility index (Phi) is 5.79. The number of esters is 1. The first kappa shape index (κ1) is 23.0. The Hall–Kier alpha value is -3.74. The van der Waals surface area contributed by atoms with Gasteiger partial charge in [-0.1, -0.05) is 0 Å². The lowest BCUT2D eigenvalue weighted by Crippen LogP contribution is -2.27. The van der Waals surface area contributed by atoms with Gasteiger partial charge in [0.2, 0.25) is 0 Å². The van der Waals surface area contributed by atoms with E-state index in [0.717, 1.165) is 40.7 Å². The molecular weight excluding hydrogens is 446 g/mol. The number of benzene rings is 2. The SMILES string of the molecule is COc1cc2nccc(C(OC(=O)C3CC3)c3ccc4c(c3OC)C=CC(C)(C)O4)c2cc1OC. The van der Waals surface area contributed by atoms with Gasteiger partial charge in [-0.25, -0.2) is 0 Å². The molecule has 1 fully saturated rings. The summed E-state index contributed by atoms with van der Waals surface area (Å²) in [4.78, 5) is 17.5. The van der Waals surface area contributed by atoms with Crippen molar-refractivity contribution in [3.63, 3.8) is 0 Å². The predicted molar refractivity (Wildman–Crippen MR) is 132 cm³/mol. The van der Waals surface area contributed by atoms with E-state index in [1.807, 2.05) is 56.3 Å². The molecule has 5 rings (SSSR count). The van der Waals surface area contributed by atoms with Crippen molar-refractivity contribution >= 4 is 22.9 Å². The molecule has 1 unspecified atom stereocenters. The fraction of sp³-hybridized carbons (Fsp3) is 0.357. The van der Waals surface area contributed by atoms with E-state index in [4.69, 9.17) is 23.7 Å². The van der Waals surface area contributed by atoms with Gasteiger partial charge < -0.3 is 23.7 Å². The molecule has 182 valence electrons. The predicted octanol–water partition coefficient (Wildman–Crippen LogP) is 5.49. The fourth-order valence-electron chi connectivity index (χ4n) is 4.43. The number of pyridine rings is 1. The smallest absolute Gasteiger partial charge is 0.309 e. The second-order valence-electron chi connectivity index (χ2n) is 9.35. The molecule has 0 amide bonds. The van der Waals surface area contributed by atoms with Gasteiger partial charge in [0.15, 0.2) is 17.6 Å². The second kappa shape index (κ2) is 8.80. The molecule has 7 heteroatoms. The van der Waals surface area contributed by atoms with Crippen LogP contribution in [0.3, 0.4) is 0 Å². The van der Waals surface area contributed by atoms with Crippen molar-refractivity contribution in [1.82, 2.24) is 4.98 Å². The van der Waals surface area contributed by atoms with Crippen LogP contribution in [0.5, 0.6) is 23.0 Å². The van der Waals surface area contributed by atoms with E-state index < -0.39 is 11.7 Å². The Morgan fingerprint density at radius 2 is 1.77 bits per heavy atom. The molecule has 35 heavy (non-hydrogen) atoms. The average Bonchev–Trinajstić information content (AvgIpc) is 3.70. The number of ether oxygens (including phenoxy) is 5. The molecule has 3 aromatic rings. The van der Waals surface area contributed by atoms with Crippen molar-refractivity contribution in [3.8, 4) is 23.0 Å². The van der Waals surface area contributed by atoms with Crippen molar-refractivity contribution in [3.05, 3.63) is 59.3 Å². The Labute approximate surface area is 204 Å². The highest BCUT2D eigenvalue weighted by molar-refractivity contribution is 5.87. The Bertz CT molecular complexity index is 1320. The lowest BCUT2D eigenvalue weighted by Gasteiger charge is -2.30. The van der Waals surface area contributed by atoms with Crippen LogP contribution in [0, 0.1) is 5.92 Å². The monoisotopic (exact) mass is 475 g/mol. The van der Waals surface area contributed by atoms with Crippen LogP contribution < -0.4 is 18.9 Å². The summed E-state index contributed by atoms with van der Waals surface area (Å²) in [5.74, 6) is 2.19. The maximum Gasteiger partial charge on any atom is 0.309 e. The summed E-state index contributed by atoms with van der Waals surface area (Å²) in [6.07, 6.45) is 6.68. The molecule has 0 saturated heterocycles. The normalized spacial score (nSPS) is 16.7. The number of fused-ring (bicyclic) bond motifs is 2. The molecule has 1 aliphatic heterocycles. The first-order valence-corrected chi connectivity index (χ1v) is 11.7. The van der Waals surface area contributed by atoms with E-state index in [1.165, 1.54) is 0 Å². The van der Waals surface area contributed by atoms with Crippen LogP contribution in [0.1, 0.15) is 49.5 Å². The van der Waals surface area contributed by atoms with Crippen molar-refractivity contribution in [2.24, 2.45) is 5.92 Å². The lowest BCUT2D eigenvalue weighted by atomic mass is 9.93. The first-order chi connectivity index (χ1) is 16.8. The largest absolute Gasteiger partial charge is 0.496 e. The van der Waals surface area contributed by atoms with Crippen LogP contribution >= 0.6 is 0 Å². The fourth-order valence-corrected chi connectivity index (χ4v) is 4.43. The third-order valence-corrected chi connectivity index (χ3v) is 6.41. The number of aromatic nitrogens is 1. The summed E-state index contributed by atoms with van der Waals surface area (Å²) in [5, 5.41) is 0.798. The zero-order valence-corrected chi connectivity index (χ0v) is 20.6. The highest BCUT2D eigenvalue weighted by atomic mass is 16.5. The Morgan fingerprint density at radius 3 is 2.46 bits per heavy atom. The first-order valence-electron chi connectivity index (χ1n) is 11.7. The molecule has 2 aromatic carbocycles. The second-order valence-corrected chi connectivity index (χ2v) is 9.35. The molecule has 1 saturated carbocycles. The van der Waals surface area contributed by atoms with Crippen LogP contribution in [0.15, 0.2) is 42.6 Å². The molecule has 7 nitrogen and oxygen atoms in total. The van der Waals surface area contributed by atoms with Gasteiger partial charge in [-0.15, -0.1) is 0 Å². The molecule has 1 atom stereocenters. The molecular formula is C28H29NO6. The van der Waals surface area contributed by atoms with Crippen LogP contribution in [0.2, 0.25) is 0 Å². The zero-order chi connectivity index (χ0) is 24.7. The molecule has 1 aromatic heterocycles. The van der Waals surface area contributed by atoms with Gasteiger partial charge in [-0.05, 0) is 63.1 Å². The van der Waals surface area contributed by atoms with Crippen LogP contribution in [-0.2, 0) is 9.53 Å². The minimum Gasteiger partial charge on any atom is -0.496 e. The van der Waals surface area contributed by atoms with Crippen LogP contribution in [0.25, 0.3) is 17.0 Å². The number of rotatable bonds is 7. The van der Waals surface area contributed by atoms with Crippen molar-refractivity contribution < 1.29 is 28.5 Å². The number of methoxy groups -OCH3 is 3. The molecule has 0 radical (unpaired) electrons. The molecule has 2 heterocycles. The Morgan fingerprint density at radius 1 is 1.03 bits per heavy atom. The Balaban J connectivity index is 1.70. The van der Waals surface area contributed by atoms with Gasteiger partial charge >= 0.3 is 5.97 Å². The number of nitrogens with zero attached hydrogens (tertiary/aromatic N) is 1. The van der Waals surface area contributed by atoms with E-state index in [-0.39, 0.29) is 11.9 Å². The summed E-state index contributed by atoms with van der Waals surface area (Å²) in [6, 6.07) is 9.37. The highest BCUT2D eigenvalue weighted by Crippen LogP contribution is 2.46. The van der Waals surface area contributed by atoms with E-state index >= 15 is 0 Å². The number of hydrogen-bond acceptors (Lipinski definition) is 7. The lowest BCUT2D eigenvalue weighted by molar-refractivity contribution is -0.149. The van der Waals surface area contributed by atoms with Crippen LogP contribution in [0.4, 0.5) is 0 Å². The van der Waals surface area contributed by atoms with E-state index in [1.54, 1.807) is 27.5 Å². The van der Waals surface area contributed by atoms with Gasteiger partial charge in [0.25, 0.3) is 0 Å². The van der Waals surface area contributed by atoms with Gasteiger partial charge in [-0.2, -0.15) is 0 Å². The summed E-state index contributed by atoms with van der Waals surface area (Å²) in [6.45, 7) is 4.00. The minimum absolute atomic E-state index is 0.0621. The maximum atomic E-state index is 12.9. The molecule has 0 spiro atoms. The standard InChI is InChI=1S/C28H29NO6/c1-28(2)12-10-18-22(35-28)9-8-19(25(18)33-5)26(34-27(30)16-6-7-16)17-11-13-29-21-15-24(32-4)23(31-3)14-20(17)21/h8-16,26H,6-7H2,1-5H3. The summed E-state index contributed by atoms with van der Waals surface area (Å²) in [7, 11) is 4.79. The number of hydrogen-bond donors (Lipinski definition) is 0. The molecule has 1 aliphatic carbocycles. The number of carbonyl (C=O) groups excluding carboxylic acids is 1. The van der Waals surface area contributed by atoms with Gasteiger partial charge in [0.1, 0.15) is 17.1 Å². The van der Waals surface area contributed by atoms with Crippen molar-refractivity contribution in [2.45, 2.75) is 38.4 Å². The van der Waals surface area contributed by atoms with E-state index in [0.29, 0.717) is 22.8 Å². The topological polar surface area (TPSA) is 76.1 Å². The maximum absolute atomic E-state index is 12.9. The minimum atomic E-state index is -0.713. The van der Waals surface area contributed by atoms with E-state index in [9.17, 15) is 4.79 Å². The van der Waals surface area contributed by atoms with E-state index in [2.05, 4.69) is 4.98 Å². The summed E-state index contributed by atoms with van der Waals surface area (Å²) < 4.78 is 29.2. The van der Waals surface area contributed by atoms with Crippen molar-refractivity contribution in [2.75, 3.05) is 21.3 Å². The quantitative estimate of drug-likeness (QED) is 0.418. The molecule has 0 bridgehead atoms. The van der Waals surface area contributed by atoms with Crippen molar-refractivity contribution in [1.29, 1.82) is 0 Å². The number of carbonyl (C=O) groups is 1. The van der Waals surface area contributed by atoms with Gasteiger partial charge in [0.05, 0.1) is 38.3 Å². The van der Waals surface area contributed by atoms with Gasteiger partial charge in [0, 0.05) is 28.8 Å².